The van der Waals surface area contributed by atoms with Gasteiger partial charge in [0.15, 0.2) is 8.24 Å². The molecule has 0 aliphatic carbocycles. The van der Waals surface area contributed by atoms with E-state index in [2.05, 4.69) is 52.7 Å². The summed E-state index contributed by atoms with van der Waals surface area (Å²) in [6.45, 7) is 15.1. The molecule has 2 N–H and O–H groups in total. The quantitative estimate of drug-likeness (QED) is 0.533. The summed E-state index contributed by atoms with van der Waals surface area (Å²) in [5.74, 6) is 0.372. The van der Waals surface area contributed by atoms with Gasteiger partial charge in [-0.3, -0.25) is 0 Å². The van der Waals surface area contributed by atoms with Crippen LogP contribution in [0.2, 0.25) is 13.1 Å². The third kappa shape index (κ3) is 4.57. The number of rotatable bonds is 3. The van der Waals surface area contributed by atoms with Crippen LogP contribution in [0.3, 0.4) is 0 Å². The van der Waals surface area contributed by atoms with Gasteiger partial charge in [0.2, 0.25) is 0 Å². The van der Waals surface area contributed by atoms with Crippen LogP contribution in [0.1, 0.15) is 34.6 Å². The maximum Gasteiger partial charge on any atom is 0.168 e. The van der Waals surface area contributed by atoms with E-state index >= 15 is 0 Å². The fraction of sp³-hybridized carbons (Fsp3) is 0.900. The zero-order valence-corrected chi connectivity index (χ0v) is 11.1. The second kappa shape index (κ2) is 3.92. The fourth-order valence-corrected chi connectivity index (χ4v) is 5.18. The topological polar surface area (TPSA) is 35.9 Å². The van der Waals surface area contributed by atoms with Gasteiger partial charge in [0.1, 0.15) is 0 Å². The van der Waals surface area contributed by atoms with Gasteiger partial charge >= 0.3 is 0 Å². The number of hydrogen-bond acceptors (Lipinski definition) is 2. The monoisotopic (exact) mass is 200 g/mol. The lowest BCUT2D eigenvalue weighted by Gasteiger charge is -2.34. The second-order valence-corrected chi connectivity index (χ2v) is 9.61. The van der Waals surface area contributed by atoms with Crippen LogP contribution in [-0.4, -0.2) is 19.1 Å². The summed E-state index contributed by atoms with van der Waals surface area (Å²) in [4.78, 5) is 3.59. The van der Waals surface area contributed by atoms with Crippen molar-refractivity contribution in [1.29, 1.82) is 5.41 Å². The lowest BCUT2D eigenvalue weighted by atomic mass is 10.1. The SMILES string of the molecule is CC(C)C(=N)[Si](C)(C)NC(C)(C)C. The van der Waals surface area contributed by atoms with E-state index in [1.807, 2.05) is 0 Å². The minimum absolute atomic E-state index is 0.122. The Hall–Kier alpha value is -0.153. The van der Waals surface area contributed by atoms with Crippen molar-refractivity contribution >= 4 is 13.6 Å². The van der Waals surface area contributed by atoms with Crippen molar-refractivity contribution in [2.75, 3.05) is 0 Å². The van der Waals surface area contributed by atoms with Gasteiger partial charge in [-0.25, -0.2) is 0 Å². The van der Waals surface area contributed by atoms with Crippen molar-refractivity contribution in [3.05, 3.63) is 0 Å². The molecule has 0 spiro atoms. The van der Waals surface area contributed by atoms with E-state index in [9.17, 15) is 0 Å². The molecule has 13 heavy (non-hydrogen) atoms. The van der Waals surface area contributed by atoms with Crippen LogP contribution in [0.5, 0.6) is 0 Å². The summed E-state index contributed by atoms with van der Waals surface area (Å²) in [7, 11) is -1.67. The molecule has 0 saturated carbocycles. The molecule has 0 aromatic rings. The summed E-state index contributed by atoms with van der Waals surface area (Å²) in [6, 6.07) is 0. The first kappa shape index (κ1) is 12.8. The first-order valence-electron chi connectivity index (χ1n) is 4.94. The molecule has 78 valence electrons. The lowest BCUT2D eigenvalue weighted by molar-refractivity contribution is 0.515. The van der Waals surface area contributed by atoms with E-state index in [0.717, 1.165) is 5.33 Å². The highest BCUT2D eigenvalue weighted by atomic mass is 28.3. The average Bonchev–Trinajstić information content (AvgIpc) is 1.80. The molecule has 0 aromatic carbocycles. The minimum Gasteiger partial charge on any atom is -0.328 e. The van der Waals surface area contributed by atoms with Crippen molar-refractivity contribution in [2.45, 2.75) is 53.3 Å². The zero-order valence-electron chi connectivity index (χ0n) is 10.1. The highest BCUT2D eigenvalue weighted by molar-refractivity contribution is 7.03. The van der Waals surface area contributed by atoms with Gasteiger partial charge in [0.25, 0.3) is 0 Å². The Morgan fingerprint density at radius 3 is 1.85 bits per heavy atom. The van der Waals surface area contributed by atoms with Crippen molar-refractivity contribution in [2.24, 2.45) is 5.92 Å². The minimum atomic E-state index is -1.67. The molecule has 0 bridgehead atoms. The Balaban J connectivity index is 4.49. The predicted octanol–water partition coefficient (Wildman–Crippen LogP) is 2.79. The Morgan fingerprint density at radius 2 is 1.62 bits per heavy atom. The molecule has 0 amide bonds. The van der Waals surface area contributed by atoms with Gasteiger partial charge in [-0.2, -0.15) is 0 Å². The van der Waals surface area contributed by atoms with Gasteiger partial charge < -0.3 is 10.4 Å². The summed E-state index contributed by atoms with van der Waals surface area (Å²) in [5.41, 5.74) is 0.122. The molecular formula is C10H24N2Si. The molecule has 0 aromatic heterocycles. The molecule has 0 saturated heterocycles. The third-order valence-corrected chi connectivity index (χ3v) is 5.24. The summed E-state index contributed by atoms with van der Waals surface area (Å²) in [5, 5.41) is 8.93. The maximum atomic E-state index is 8.03. The third-order valence-electron chi connectivity index (χ3n) is 1.94. The van der Waals surface area contributed by atoms with Crippen molar-refractivity contribution in [1.82, 2.24) is 4.98 Å². The molecule has 0 atom stereocenters. The van der Waals surface area contributed by atoms with Crippen molar-refractivity contribution in [3.8, 4) is 0 Å². The van der Waals surface area contributed by atoms with Crippen LogP contribution in [0, 0.1) is 11.3 Å². The molecule has 0 unspecified atom stereocenters. The van der Waals surface area contributed by atoms with Gasteiger partial charge in [-0.05, 0) is 26.7 Å². The van der Waals surface area contributed by atoms with Crippen molar-refractivity contribution < 1.29 is 0 Å². The van der Waals surface area contributed by atoms with Gasteiger partial charge in [-0.15, -0.1) is 0 Å². The second-order valence-electron chi connectivity index (χ2n) is 5.57. The normalized spacial score (nSPS) is 13.5. The average molecular weight is 200 g/mol. The molecule has 3 heteroatoms. The summed E-state index contributed by atoms with van der Waals surface area (Å²) >= 11 is 0. The van der Waals surface area contributed by atoms with Crippen LogP contribution in [-0.2, 0) is 0 Å². The van der Waals surface area contributed by atoms with E-state index in [1.54, 1.807) is 0 Å². The molecule has 2 nitrogen and oxygen atoms in total. The van der Waals surface area contributed by atoms with E-state index in [4.69, 9.17) is 5.41 Å². The van der Waals surface area contributed by atoms with Crippen LogP contribution >= 0.6 is 0 Å². The van der Waals surface area contributed by atoms with Gasteiger partial charge in [-0.1, -0.05) is 26.9 Å². The van der Waals surface area contributed by atoms with E-state index in [0.29, 0.717) is 5.92 Å². The molecule has 0 radical (unpaired) electrons. The van der Waals surface area contributed by atoms with E-state index in [1.165, 1.54) is 0 Å². The molecule has 0 fully saturated rings. The molecular weight excluding hydrogens is 176 g/mol. The van der Waals surface area contributed by atoms with Crippen LogP contribution < -0.4 is 4.98 Å². The molecule has 0 aliphatic rings. The maximum absolute atomic E-state index is 8.03. The van der Waals surface area contributed by atoms with Crippen LogP contribution in [0.15, 0.2) is 0 Å². The smallest absolute Gasteiger partial charge is 0.168 e. The Morgan fingerprint density at radius 1 is 1.23 bits per heavy atom. The predicted molar refractivity (Wildman–Crippen MR) is 62.9 cm³/mol. The Kier molecular flexibility index (Phi) is 3.88. The summed E-state index contributed by atoms with van der Waals surface area (Å²) in [6.07, 6.45) is 0. The fourth-order valence-electron chi connectivity index (χ4n) is 1.73. The molecule has 0 aliphatic heterocycles. The summed E-state index contributed by atoms with van der Waals surface area (Å²) < 4.78 is 0. The highest BCUT2D eigenvalue weighted by Gasteiger charge is 2.32. The first-order chi connectivity index (χ1) is 5.56. The Bertz CT molecular complexity index is 190. The lowest BCUT2D eigenvalue weighted by Crippen LogP contribution is -2.60. The number of nitrogens with one attached hydrogen (secondary N) is 2. The van der Waals surface area contributed by atoms with Crippen LogP contribution in [0.25, 0.3) is 0 Å². The Labute approximate surface area is 83.7 Å². The van der Waals surface area contributed by atoms with Crippen LogP contribution in [0.4, 0.5) is 0 Å². The zero-order chi connectivity index (χ0) is 10.9. The largest absolute Gasteiger partial charge is 0.328 e. The first-order valence-corrected chi connectivity index (χ1v) is 7.94. The standard InChI is InChI=1S/C10H24N2Si/c1-8(2)9(11)13(6,7)12-10(3,4)5/h8,11-12H,1-7H3. The van der Waals surface area contributed by atoms with E-state index < -0.39 is 8.24 Å². The number of hydrogen-bond donors (Lipinski definition) is 2. The van der Waals surface area contributed by atoms with Gasteiger partial charge in [0.05, 0.1) is 0 Å². The van der Waals surface area contributed by atoms with E-state index in [-0.39, 0.29) is 5.54 Å². The molecule has 0 rings (SSSR count). The van der Waals surface area contributed by atoms with Gasteiger partial charge in [0, 0.05) is 10.9 Å². The molecule has 0 heterocycles. The van der Waals surface area contributed by atoms with Crippen molar-refractivity contribution in [3.63, 3.8) is 0 Å². The highest BCUT2D eigenvalue weighted by Crippen LogP contribution is 2.12.